The number of amides is 2. The van der Waals surface area contributed by atoms with Crippen molar-refractivity contribution in [3.8, 4) is 17.2 Å². The Morgan fingerprint density at radius 1 is 1.00 bits per heavy atom. The maximum absolute atomic E-state index is 12.0. The van der Waals surface area contributed by atoms with Gasteiger partial charge in [0.15, 0.2) is 18.1 Å². The van der Waals surface area contributed by atoms with E-state index in [4.69, 9.17) is 14.2 Å². The molecular weight excluding hydrogens is 348 g/mol. The van der Waals surface area contributed by atoms with Gasteiger partial charge in [-0.25, -0.2) is 0 Å². The van der Waals surface area contributed by atoms with Crippen LogP contribution in [-0.4, -0.2) is 38.2 Å². The lowest BCUT2D eigenvalue weighted by atomic mass is 10.2. The zero-order valence-corrected chi connectivity index (χ0v) is 15.1. The van der Waals surface area contributed by atoms with Gasteiger partial charge in [0.25, 0.3) is 5.91 Å². The molecule has 0 spiro atoms. The van der Waals surface area contributed by atoms with Crippen molar-refractivity contribution in [2.24, 2.45) is 0 Å². The molecule has 2 N–H and O–H groups in total. The molecule has 0 unspecified atom stereocenters. The zero-order chi connectivity index (χ0) is 19.1. The normalized spacial score (nSPS) is 12.2. The van der Waals surface area contributed by atoms with E-state index < -0.39 is 0 Å². The average molecular weight is 370 g/mol. The van der Waals surface area contributed by atoms with Crippen molar-refractivity contribution in [3.63, 3.8) is 0 Å². The summed E-state index contributed by atoms with van der Waals surface area (Å²) >= 11 is 0. The summed E-state index contributed by atoms with van der Waals surface area (Å²) in [7, 11) is 0. The van der Waals surface area contributed by atoms with Gasteiger partial charge in [0, 0.05) is 24.7 Å². The largest absolute Gasteiger partial charge is 0.486 e. The Balaban J connectivity index is 1.36. The number of nitrogens with one attached hydrogen (secondary N) is 2. The number of rotatable bonds is 7. The molecule has 0 bridgehead atoms. The second-order valence-corrected chi connectivity index (χ2v) is 6.11. The van der Waals surface area contributed by atoms with Gasteiger partial charge in [-0.05, 0) is 31.2 Å². The van der Waals surface area contributed by atoms with E-state index in [-0.39, 0.29) is 31.4 Å². The van der Waals surface area contributed by atoms with E-state index in [0.29, 0.717) is 36.1 Å². The van der Waals surface area contributed by atoms with Crippen LogP contribution < -0.4 is 24.8 Å². The Bertz CT molecular complexity index is 805. The smallest absolute Gasteiger partial charge is 0.257 e. The standard InChI is InChI=1S/C20H22N2O5/c1-14-2-5-16(6-3-14)27-13-20(24)21-9-8-19(23)22-15-4-7-17-18(12-15)26-11-10-25-17/h2-7,12H,8-11,13H2,1H3,(H,21,24)(H,22,23). The van der Waals surface area contributed by atoms with E-state index in [0.717, 1.165) is 5.56 Å². The van der Waals surface area contributed by atoms with Gasteiger partial charge in [-0.3, -0.25) is 9.59 Å². The molecule has 0 aliphatic carbocycles. The Morgan fingerprint density at radius 2 is 1.74 bits per heavy atom. The van der Waals surface area contributed by atoms with Gasteiger partial charge in [-0.1, -0.05) is 17.7 Å². The molecule has 0 aromatic heterocycles. The Labute approximate surface area is 157 Å². The van der Waals surface area contributed by atoms with Crippen LogP contribution in [0.3, 0.4) is 0 Å². The first kappa shape index (κ1) is 18.6. The number of fused-ring (bicyclic) bond motifs is 1. The predicted octanol–water partition coefficient (Wildman–Crippen LogP) is 2.29. The van der Waals surface area contributed by atoms with Crippen molar-refractivity contribution in [1.29, 1.82) is 0 Å². The summed E-state index contributed by atoms with van der Waals surface area (Å²) in [5.74, 6) is 1.43. The van der Waals surface area contributed by atoms with Crippen molar-refractivity contribution in [3.05, 3.63) is 48.0 Å². The zero-order valence-electron chi connectivity index (χ0n) is 15.1. The SMILES string of the molecule is Cc1ccc(OCC(=O)NCCC(=O)Nc2ccc3c(c2)OCCO3)cc1. The molecule has 0 saturated carbocycles. The number of aryl methyl sites for hydroxylation is 1. The third-order valence-corrected chi connectivity index (χ3v) is 3.89. The molecule has 142 valence electrons. The van der Waals surface area contributed by atoms with Gasteiger partial charge in [-0.15, -0.1) is 0 Å². The second kappa shape index (κ2) is 8.93. The van der Waals surface area contributed by atoms with Crippen LogP contribution in [0.25, 0.3) is 0 Å². The first-order valence-electron chi connectivity index (χ1n) is 8.76. The lowest BCUT2D eigenvalue weighted by molar-refractivity contribution is -0.123. The maximum Gasteiger partial charge on any atom is 0.257 e. The van der Waals surface area contributed by atoms with Crippen LogP contribution in [0.5, 0.6) is 17.2 Å². The number of carbonyl (C=O) groups excluding carboxylic acids is 2. The van der Waals surface area contributed by atoms with Crippen LogP contribution in [0.4, 0.5) is 5.69 Å². The van der Waals surface area contributed by atoms with E-state index in [1.54, 1.807) is 18.2 Å². The minimum atomic E-state index is -0.275. The fourth-order valence-electron chi connectivity index (χ4n) is 2.49. The molecule has 0 radical (unpaired) electrons. The van der Waals surface area contributed by atoms with E-state index in [9.17, 15) is 9.59 Å². The molecule has 2 amide bonds. The van der Waals surface area contributed by atoms with Crippen LogP contribution in [-0.2, 0) is 9.59 Å². The summed E-state index contributed by atoms with van der Waals surface area (Å²) in [5, 5.41) is 5.43. The highest BCUT2D eigenvalue weighted by atomic mass is 16.6. The third kappa shape index (κ3) is 5.64. The summed E-state index contributed by atoms with van der Waals surface area (Å²) in [6, 6.07) is 12.7. The molecule has 2 aromatic carbocycles. The van der Waals surface area contributed by atoms with Gasteiger partial charge in [0.05, 0.1) is 0 Å². The average Bonchev–Trinajstić information content (AvgIpc) is 2.67. The van der Waals surface area contributed by atoms with Crippen molar-refractivity contribution in [2.75, 3.05) is 31.7 Å². The van der Waals surface area contributed by atoms with Gasteiger partial charge >= 0.3 is 0 Å². The third-order valence-electron chi connectivity index (χ3n) is 3.89. The maximum atomic E-state index is 12.0. The fraction of sp³-hybridized carbons (Fsp3) is 0.300. The van der Waals surface area contributed by atoms with Gasteiger partial charge in [-0.2, -0.15) is 0 Å². The number of carbonyl (C=O) groups is 2. The highest BCUT2D eigenvalue weighted by molar-refractivity contribution is 5.91. The molecule has 0 atom stereocenters. The minimum Gasteiger partial charge on any atom is -0.486 e. The quantitative estimate of drug-likeness (QED) is 0.781. The Morgan fingerprint density at radius 3 is 2.52 bits per heavy atom. The van der Waals surface area contributed by atoms with E-state index in [1.165, 1.54) is 0 Å². The molecule has 1 aliphatic rings. The summed E-state index contributed by atoms with van der Waals surface area (Å²) in [4.78, 5) is 23.8. The molecule has 0 saturated heterocycles. The van der Waals surface area contributed by atoms with E-state index in [1.807, 2.05) is 31.2 Å². The van der Waals surface area contributed by atoms with Crippen LogP contribution in [0, 0.1) is 6.92 Å². The minimum absolute atomic E-state index is 0.0904. The molecule has 7 heteroatoms. The van der Waals surface area contributed by atoms with Gasteiger partial charge < -0.3 is 24.8 Å². The van der Waals surface area contributed by atoms with Gasteiger partial charge in [0.2, 0.25) is 5.91 Å². The summed E-state index contributed by atoms with van der Waals surface area (Å²) in [6.07, 6.45) is 0.157. The molecule has 3 rings (SSSR count). The Hall–Kier alpha value is -3.22. The fourth-order valence-corrected chi connectivity index (χ4v) is 2.49. The first-order valence-corrected chi connectivity index (χ1v) is 8.76. The molecule has 27 heavy (non-hydrogen) atoms. The molecule has 1 aliphatic heterocycles. The lowest BCUT2D eigenvalue weighted by Crippen LogP contribution is -2.31. The summed E-state index contributed by atoms with van der Waals surface area (Å²) in [6.45, 7) is 3.12. The number of hydrogen-bond acceptors (Lipinski definition) is 5. The van der Waals surface area contributed by atoms with Crippen LogP contribution >= 0.6 is 0 Å². The second-order valence-electron chi connectivity index (χ2n) is 6.11. The van der Waals surface area contributed by atoms with Crippen molar-refractivity contribution >= 4 is 17.5 Å². The monoisotopic (exact) mass is 370 g/mol. The highest BCUT2D eigenvalue weighted by Crippen LogP contribution is 2.32. The van der Waals surface area contributed by atoms with Crippen LogP contribution in [0.15, 0.2) is 42.5 Å². The number of ether oxygens (including phenoxy) is 3. The highest BCUT2D eigenvalue weighted by Gasteiger charge is 2.13. The number of hydrogen-bond donors (Lipinski definition) is 2. The number of anilines is 1. The molecule has 1 heterocycles. The molecular formula is C20H22N2O5. The van der Waals surface area contributed by atoms with Crippen molar-refractivity contribution < 1.29 is 23.8 Å². The Kier molecular flexibility index (Phi) is 6.14. The van der Waals surface area contributed by atoms with Gasteiger partial charge in [0.1, 0.15) is 19.0 Å². The number of benzene rings is 2. The van der Waals surface area contributed by atoms with Crippen molar-refractivity contribution in [2.45, 2.75) is 13.3 Å². The predicted molar refractivity (Wildman–Crippen MR) is 100 cm³/mol. The molecule has 7 nitrogen and oxygen atoms in total. The summed E-state index contributed by atoms with van der Waals surface area (Å²) < 4.78 is 16.3. The topological polar surface area (TPSA) is 85.9 Å². The molecule has 2 aromatic rings. The van der Waals surface area contributed by atoms with Crippen molar-refractivity contribution in [1.82, 2.24) is 5.32 Å². The summed E-state index contributed by atoms with van der Waals surface area (Å²) in [5.41, 5.74) is 1.74. The first-order chi connectivity index (χ1) is 13.1. The lowest BCUT2D eigenvalue weighted by Gasteiger charge is -2.19. The molecule has 0 fully saturated rings. The van der Waals surface area contributed by atoms with Crippen LogP contribution in [0.2, 0.25) is 0 Å². The van der Waals surface area contributed by atoms with Crippen LogP contribution in [0.1, 0.15) is 12.0 Å². The van der Waals surface area contributed by atoms with E-state index >= 15 is 0 Å². The van der Waals surface area contributed by atoms with E-state index in [2.05, 4.69) is 10.6 Å².